The van der Waals surface area contributed by atoms with Gasteiger partial charge in [0.1, 0.15) is 0 Å². The van der Waals surface area contributed by atoms with Gasteiger partial charge in [0, 0.05) is 32.7 Å². The molecule has 1 aliphatic heterocycles. The fraction of sp³-hybridized carbons (Fsp3) is 0.632. The smallest absolute Gasteiger partial charge is 0.230 e. The van der Waals surface area contributed by atoms with Crippen molar-refractivity contribution in [2.24, 2.45) is 0 Å². The van der Waals surface area contributed by atoms with Gasteiger partial charge in [-0.05, 0) is 44.2 Å². The second-order valence-corrected chi connectivity index (χ2v) is 7.56. The number of aryl methyl sites for hydroxylation is 1. The number of amides is 1. The Morgan fingerprint density at radius 2 is 1.91 bits per heavy atom. The third kappa shape index (κ3) is 3.93. The van der Waals surface area contributed by atoms with E-state index in [0.29, 0.717) is 12.5 Å². The molecule has 4 heteroatoms. The molecule has 0 aromatic heterocycles. The van der Waals surface area contributed by atoms with E-state index < -0.39 is 5.60 Å². The fourth-order valence-electron chi connectivity index (χ4n) is 3.90. The molecule has 1 aromatic rings. The summed E-state index contributed by atoms with van der Waals surface area (Å²) in [5.74, 6) is 0.334. The number of hydrogen-bond donors (Lipinski definition) is 1. The predicted molar refractivity (Wildman–Crippen MR) is 91.4 cm³/mol. The third-order valence-electron chi connectivity index (χ3n) is 4.96. The van der Waals surface area contributed by atoms with Gasteiger partial charge >= 0.3 is 0 Å². The molecule has 23 heavy (non-hydrogen) atoms. The van der Waals surface area contributed by atoms with Crippen molar-refractivity contribution in [1.29, 1.82) is 0 Å². The lowest BCUT2D eigenvalue weighted by Crippen LogP contribution is -2.53. The summed E-state index contributed by atoms with van der Waals surface area (Å²) in [5, 5.41) is 9.94. The van der Waals surface area contributed by atoms with Gasteiger partial charge in [0.15, 0.2) is 0 Å². The summed E-state index contributed by atoms with van der Waals surface area (Å²) >= 11 is 0. The maximum Gasteiger partial charge on any atom is 0.230 e. The van der Waals surface area contributed by atoms with Crippen LogP contribution in [-0.2, 0) is 11.2 Å². The molecule has 1 amide bonds. The molecule has 4 nitrogen and oxygen atoms in total. The molecule has 3 rings (SSSR count). The van der Waals surface area contributed by atoms with E-state index in [9.17, 15) is 9.90 Å². The minimum Gasteiger partial charge on any atom is -0.389 e. The summed E-state index contributed by atoms with van der Waals surface area (Å²) in [6, 6.07) is 8.41. The molecule has 2 aliphatic rings. The van der Waals surface area contributed by atoms with E-state index in [1.54, 1.807) is 0 Å². The van der Waals surface area contributed by atoms with Gasteiger partial charge in [0.05, 0.1) is 11.5 Å². The van der Waals surface area contributed by atoms with Gasteiger partial charge in [-0.15, -0.1) is 0 Å². The summed E-state index contributed by atoms with van der Waals surface area (Å²) in [6.45, 7) is 7.59. The summed E-state index contributed by atoms with van der Waals surface area (Å²) in [6.07, 6.45) is 3.17. The molecule has 1 aromatic carbocycles. The van der Waals surface area contributed by atoms with Crippen molar-refractivity contribution in [2.75, 3.05) is 32.7 Å². The second-order valence-electron chi connectivity index (χ2n) is 7.56. The highest BCUT2D eigenvalue weighted by Crippen LogP contribution is 2.33. The van der Waals surface area contributed by atoms with Crippen molar-refractivity contribution < 1.29 is 9.90 Å². The molecule has 0 bridgehead atoms. The van der Waals surface area contributed by atoms with Crippen LogP contribution in [0, 0.1) is 0 Å². The quantitative estimate of drug-likeness (QED) is 0.928. The Balaban J connectivity index is 1.62. The number of aliphatic hydroxyl groups is 1. The van der Waals surface area contributed by atoms with E-state index in [-0.39, 0.29) is 5.92 Å². The van der Waals surface area contributed by atoms with Crippen LogP contribution in [0.4, 0.5) is 0 Å². The Morgan fingerprint density at radius 3 is 2.61 bits per heavy atom. The van der Waals surface area contributed by atoms with E-state index in [2.05, 4.69) is 23.1 Å². The number of carbonyl (C=O) groups is 1. The van der Waals surface area contributed by atoms with Crippen molar-refractivity contribution in [3.8, 4) is 0 Å². The Kier molecular flexibility index (Phi) is 4.74. The normalized spacial score (nSPS) is 22.7. The lowest BCUT2D eigenvalue weighted by atomic mass is 9.82. The highest BCUT2D eigenvalue weighted by Gasteiger charge is 2.32. The van der Waals surface area contributed by atoms with E-state index in [4.69, 9.17) is 0 Å². The first-order chi connectivity index (χ1) is 10.9. The summed E-state index contributed by atoms with van der Waals surface area (Å²) in [4.78, 5) is 17.2. The number of hydrogen-bond acceptors (Lipinski definition) is 3. The fourth-order valence-corrected chi connectivity index (χ4v) is 3.90. The number of fused-ring (bicyclic) bond motifs is 1. The van der Waals surface area contributed by atoms with Crippen molar-refractivity contribution in [1.82, 2.24) is 9.80 Å². The average molecular weight is 316 g/mol. The van der Waals surface area contributed by atoms with Crippen LogP contribution in [0.15, 0.2) is 24.3 Å². The molecular formula is C19H28N2O2. The minimum absolute atomic E-state index is 0.0424. The maximum absolute atomic E-state index is 13.0. The zero-order chi connectivity index (χ0) is 16.4. The zero-order valence-corrected chi connectivity index (χ0v) is 14.3. The molecular weight excluding hydrogens is 288 g/mol. The van der Waals surface area contributed by atoms with Crippen LogP contribution in [0.5, 0.6) is 0 Å². The monoisotopic (exact) mass is 316 g/mol. The lowest BCUT2D eigenvalue weighted by Gasteiger charge is -2.39. The highest BCUT2D eigenvalue weighted by atomic mass is 16.3. The molecule has 1 atom stereocenters. The minimum atomic E-state index is -0.672. The summed E-state index contributed by atoms with van der Waals surface area (Å²) in [5.41, 5.74) is 1.91. The van der Waals surface area contributed by atoms with Crippen LogP contribution in [0.3, 0.4) is 0 Å². The van der Waals surface area contributed by atoms with Gasteiger partial charge in [-0.1, -0.05) is 24.3 Å². The molecule has 0 radical (unpaired) electrons. The zero-order valence-electron chi connectivity index (χ0n) is 14.3. The van der Waals surface area contributed by atoms with Crippen LogP contribution in [0.1, 0.15) is 43.7 Å². The third-order valence-corrected chi connectivity index (χ3v) is 4.96. The molecule has 1 fully saturated rings. The molecule has 126 valence electrons. The molecule has 0 unspecified atom stereocenters. The Hall–Kier alpha value is -1.39. The van der Waals surface area contributed by atoms with E-state index in [0.717, 1.165) is 45.4 Å². The van der Waals surface area contributed by atoms with E-state index in [1.807, 2.05) is 24.8 Å². The van der Waals surface area contributed by atoms with Gasteiger partial charge in [0.2, 0.25) is 5.91 Å². The molecule has 0 spiro atoms. The number of β-amino-alcohol motifs (C(OH)–C–C–N with tert-alkyl or cyclic N) is 1. The number of nitrogens with zero attached hydrogens (tertiary/aromatic N) is 2. The highest BCUT2D eigenvalue weighted by molar-refractivity contribution is 5.84. The van der Waals surface area contributed by atoms with E-state index in [1.165, 1.54) is 11.1 Å². The van der Waals surface area contributed by atoms with Gasteiger partial charge < -0.3 is 10.0 Å². The molecule has 1 N–H and O–H groups in total. The van der Waals surface area contributed by atoms with E-state index >= 15 is 0 Å². The Labute approximate surface area is 139 Å². The average Bonchev–Trinajstić information content (AvgIpc) is 2.53. The Morgan fingerprint density at radius 1 is 1.22 bits per heavy atom. The molecule has 1 saturated heterocycles. The Bertz CT molecular complexity index is 557. The largest absolute Gasteiger partial charge is 0.389 e. The molecule has 1 aliphatic carbocycles. The van der Waals surface area contributed by atoms with Crippen molar-refractivity contribution in [3.63, 3.8) is 0 Å². The van der Waals surface area contributed by atoms with Gasteiger partial charge in [-0.25, -0.2) is 0 Å². The topological polar surface area (TPSA) is 43.8 Å². The number of piperazine rings is 1. The number of rotatable bonds is 3. The van der Waals surface area contributed by atoms with Gasteiger partial charge in [0.25, 0.3) is 0 Å². The van der Waals surface area contributed by atoms with Crippen LogP contribution < -0.4 is 0 Å². The number of carbonyl (C=O) groups excluding carboxylic acids is 1. The predicted octanol–water partition coefficient (Wildman–Crippen LogP) is 2.02. The second kappa shape index (κ2) is 6.62. The van der Waals surface area contributed by atoms with Crippen molar-refractivity contribution in [2.45, 2.75) is 44.6 Å². The van der Waals surface area contributed by atoms with Crippen molar-refractivity contribution in [3.05, 3.63) is 35.4 Å². The first-order valence-corrected chi connectivity index (χ1v) is 8.75. The lowest BCUT2D eigenvalue weighted by molar-refractivity contribution is -0.135. The molecule has 0 saturated carbocycles. The maximum atomic E-state index is 13.0. The van der Waals surface area contributed by atoms with Gasteiger partial charge in [-0.2, -0.15) is 0 Å². The van der Waals surface area contributed by atoms with Crippen LogP contribution >= 0.6 is 0 Å². The van der Waals surface area contributed by atoms with Crippen LogP contribution in [0.2, 0.25) is 0 Å². The summed E-state index contributed by atoms with van der Waals surface area (Å²) < 4.78 is 0. The first kappa shape index (κ1) is 16.5. The molecule has 1 heterocycles. The first-order valence-electron chi connectivity index (χ1n) is 8.75. The number of benzene rings is 1. The SMILES string of the molecule is CC(C)(O)CN1CCN(C(=O)[C@@H]2CCCc3ccccc32)CC1. The van der Waals surface area contributed by atoms with Crippen LogP contribution in [0.25, 0.3) is 0 Å². The van der Waals surface area contributed by atoms with Crippen LogP contribution in [-0.4, -0.2) is 59.1 Å². The van der Waals surface area contributed by atoms with Gasteiger partial charge in [-0.3, -0.25) is 9.69 Å². The summed E-state index contributed by atoms with van der Waals surface area (Å²) in [7, 11) is 0. The van der Waals surface area contributed by atoms with Crippen molar-refractivity contribution >= 4 is 5.91 Å². The standard InChI is InChI=1S/C19H28N2O2/c1-19(2,23)14-20-10-12-21(13-11-20)18(22)17-9-5-7-15-6-3-4-8-16(15)17/h3-4,6,8,17,23H,5,7,9-14H2,1-2H3/t17-/m1/s1.